The van der Waals surface area contributed by atoms with Crippen LogP contribution in [0.3, 0.4) is 0 Å². The van der Waals surface area contributed by atoms with E-state index in [-0.39, 0.29) is 30.8 Å². The minimum absolute atomic E-state index is 0.0751. The van der Waals surface area contributed by atoms with Crippen LogP contribution in [0.2, 0.25) is 0 Å². The van der Waals surface area contributed by atoms with Crippen LogP contribution in [0.5, 0.6) is 5.75 Å². The highest BCUT2D eigenvalue weighted by molar-refractivity contribution is 6.09. The third kappa shape index (κ3) is 3.84. The van der Waals surface area contributed by atoms with Crippen molar-refractivity contribution in [2.24, 2.45) is 5.92 Å². The highest BCUT2D eigenvalue weighted by Crippen LogP contribution is 2.38. The fourth-order valence-corrected chi connectivity index (χ4v) is 4.46. The van der Waals surface area contributed by atoms with E-state index in [9.17, 15) is 14.4 Å². The number of fused-ring (bicyclic) bond motifs is 1. The summed E-state index contributed by atoms with van der Waals surface area (Å²) >= 11 is 0. The summed E-state index contributed by atoms with van der Waals surface area (Å²) in [5, 5.41) is 7.81. The molecule has 2 aliphatic rings. The summed E-state index contributed by atoms with van der Waals surface area (Å²) in [5.41, 5.74) is -0.838. The quantitative estimate of drug-likeness (QED) is 0.567. The molecule has 1 heterocycles. The van der Waals surface area contributed by atoms with Gasteiger partial charge in [-0.1, -0.05) is 50.1 Å². The highest BCUT2D eigenvalue weighted by atomic mass is 16.5. The lowest BCUT2D eigenvalue weighted by atomic mass is 9.73. The lowest BCUT2D eigenvalue weighted by Crippen LogP contribution is -2.54. The molecule has 1 aliphatic heterocycles. The Morgan fingerprint density at radius 2 is 2.00 bits per heavy atom. The molecular weight excluding hydrogens is 382 g/mol. The first kappa shape index (κ1) is 20.2. The largest absolute Gasteiger partial charge is 0.492 e. The van der Waals surface area contributed by atoms with Crippen molar-refractivity contribution in [3.05, 3.63) is 42.5 Å². The van der Waals surface area contributed by atoms with Gasteiger partial charge in [-0.15, -0.1) is 0 Å². The minimum Gasteiger partial charge on any atom is -0.492 e. The van der Waals surface area contributed by atoms with Crippen LogP contribution >= 0.6 is 0 Å². The standard InChI is InChI=1S/C23H27N3O4/c1-16-6-4-5-11-23(16)21(28)26(22(29)25-23)15-20(27)24-12-13-30-19-10-9-17-7-2-3-8-18(17)14-19/h2-3,7-10,14,16H,4-6,11-13,15H2,1H3,(H,24,27)(H,25,29). The van der Waals surface area contributed by atoms with Crippen molar-refractivity contribution in [3.63, 3.8) is 0 Å². The van der Waals surface area contributed by atoms with Crippen LogP contribution in [0, 0.1) is 5.92 Å². The van der Waals surface area contributed by atoms with Crippen LogP contribution in [-0.2, 0) is 9.59 Å². The fourth-order valence-electron chi connectivity index (χ4n) is 4.46. The van der Waals surface area contributed by atoms with E-state index in [4.69, 9.17) is 4.74 Å². The molecule has 0 aromatic heterocycles. The van der Waals surface area contributed by atoms with Crippen molar-refractivity contribution in [1.82, 2.24) is 15.5 Å². The van der Waals surface area contributed by atoms with Crippen LogP contribution < -0.4 is 15.4 Å². The van der Waals surface area contributed by atoms with Crippen molar-refractivity contribution in [2.75, 3.05) is 19.7 Å². The van der Waals surface area contributed by atoms with Crippen LogP contribution in [0.25, 0.3) is 10.8 Å². The van der Waals surface area contributed by atoms with E-state index in [1.54, 1.807) is 0 Å². The SMILES string of the molecule is CC1CCCCC12NC(=O)N(CC(=O)NCCOc1ccc3ccccc3c1)C2=O. The van der Waals surface area contributed by atoms with Gasteiger partial charge in [0, 0.05) is 0 Å². The number of imide groups is 1. The number of hydrogen-bond acceptors (Lipinski definition) is 4. The van der Waals surface area contributed by atoms with E-state index in [2.05, 4.69) is 10.6 Å². The van der Waals surface area contributed by atoms with Crippen molar-refractivity contribution in [1.29, 1.82) is 0 Å². The number of rotatable bonds is 6. The average molecular weight is 409 g/mol. The summed E-state index contributed by atoms with van der Waals surface area (Å²) in [5.74, 6) is 0.153. The lowest BCUT2D eigenvalue weighted by molar-refractivity contribution is -0.137. The third-order valence-electron chi connectivity index (χ3n) is 6.22. The predicted octanol–water partition coefficient (Wildman–Crippen LogP) is 2.84. The van der Waals surface area contributed by atoms with Crippen LogP contribution in [0.1, 0.15) is 32.6 Å². The first-order chi connectivity index (χ1) is 14.5. The molecule has 2 fully saturated rings. The van der Waals surface area contributed by atoms with Gasteiger partial charge in [0.25, 0.3) is 5.91 Å². The van der Waals surface area contributed by atoms with Gasteiger partial charge in [-0.3, -0.25) is 14.5 Å². The minimum atomic E-state index is -0.838. The maximum atomic E-state index is 12.9. The molecule has 0 radical (unpaired) electrons. The van der Waals surface area contributed by atoms with Crippen LogP contribution in [-0.4, -0.2) is 48.0 Å². The number of carbonyl (C=O) groups is 3. The van der Waals surface area contributed by atoms with Crippen LogP contribution in [0.15, 0.2) is 42.5 Å². The van der Waals surface area contributed by atoms with Gasteiger partial charge in [-0.25, -0.2) is 4.79 Å². The molecule has 7 heteroatoms. The molecule has 2 aromatic carbocycles. The van der Waals surface area contributed by atoms with E-state index in [0.29, 0.717) is 13.0 Å². The second-order valence-electron chi connectivity index (χ2n) is 8.15. The molecule has 4 amide bonds. The van der Waals surface area contributed by atoms with Gasteiger partial charge in [-0.2, -0.15) is 0 Å². The van der Waals surface area contributed by atoms with Crippen molar-refractivity contribution in [3.8, 4) is 5.75 Å². The van der Waals surface area contributed by atoms with Crippen molar-refractivity contribution in [2.45, 2.75) is 38.1 Å². The number of hydrogen-bond donors (Lipinski definition) is 2. The molecule has 4 rings (SSSR count). The molecule has 1 aliphatic carbocycles. The monoisotopic (exact) mass is 409 g/mol. The molecular formula is C23H27N3O4. The number of nitrogens with one attached hydrogen (secondary N) is 2. The van der Waals surface area contributed by atoms with Crippen LogP contribution in [0.4, 0.5) is 4.79 Å². The van der Waals surface area contributed by atoms with E-state index in [1.807, 2.05) is 49.4 Å². The van der Waals surface area contributed by atoms with E-state index in [0.717, 1.165) is 40.7 Å². The Morgan fingerprint density at radius 1 is 1.20 bits per heavy atom. The Hall–Kier alpha value is -3.09. The number of amides is 4. The highest BCUT2D eigenvalue weighted by Gasteiger charge is 2.55. The second-order valence-corrected chi connectivity index (χ2v) is 8.15. The maximum Gasteiger partial charge on any atom is 0.325 e. The molecule has 2 atom stereocenters. The molecule has 7 nitrogen and oxygen atoms in total. The van der Waals surface area contributed by atoms with Gasteiger partial charge < -0.3 is 15.4 Å². The van der Waals surface area contributed by atoms with Crippen molar-refractivity contribution < 1.29 is 19.1 Å². The molecule has 158 valence electrons. The number of ether oxygens (including phenoxy) is 1. The first-order valence-corrected chi connectivity index (χ1v) is 10.5. The zero-order valence-corrected chi connectivity index (χ0v) is 17.1. The summed E-state index contributed by atoms with van der Waals surface area (Å²) in [6.07, 6.45) is 3.50. The molecule has 2 unspecified atom stereocenters. The summed E-state index contributed by atoms with van der Waals surface area (Å²) in [4.78, 5) is 38.6. The van der Waals surface area contributed by atoms with Gasteiger partial charge in [0.05, 0.1) is 6.54 Å². The van der Waals surface area contributed by atoms with Crippen molar-refractivity contribution >= 4 is 28.6 Å². The zero-order chi connectivity index (χ0) is 21.1. The summed E-state index contributed by atoms with van der Waals surface area (Å²) in [7, 11) is 0. The Morgan fingerprint density at radius 3 is 2.80 bits per heavy atom. The Bertz CT molecular complexity index is 976. The number of carbonyl (C=O) groups excluding carboxylic acids is 3. The smallest absolute Gasteiger partial charge is 0.325 e. The Balaban J connectivity index is 1.26. The summed E-state index contributed by atoms with van der Waals surface area (Å²) < 4.78 is 5.71. The maximum absolute atomic E-state index is 12.9. The molecule has 2 N–H and O–H groups in total. The first-order valence-electron chi connectivity index (χ1n) is 10.5. The van der Waals surface area contributed by atoms with E-state index >= 15 is 0 Å². The van der Waals surface area contributed by atoms with Gasteiger partial charge in [-0.05, 0) is 41.7 Å². The van der Waals surface area contributed by atoms with Gasteiger partial charge in [0.2, 0.25) is 5.91 Å². The summed E-state index contributed by atoms with van der Waals surface area (Å²) in [6.45, 7) is 2.31. The molecule has 1 saturated heterocycles. The van der Waals surface area contributed by atoms with E-state index in [1.165, 1.54) is 0 Å². The molecule has 1 spiro atoms. The summed E-state index contributed by atoms with van der Waals surface area (Å²) in [6, 6.07) is 13.4. The number of benzene rings is 2. The average Bonchev–Trinajstić information content (AvgIpc) is 2.98. The van der Waals surface area contributed by atoms with Gasteiger partial charge >= 0.3 is 6.03 Å². The fraction of sp³-hybridized carbons (Fsp3) is 0.435. The Labute approximate surface area is 175 Å². The van der Waals surface area contributed by atoms with E-state index < -0.39 is 11.6 Å². The predicted molar refractivity (Wildman–Crippen MR) is 113 cm³/mol. The topological polar surface area (TPSA) is 87.7 Å². The second kappa shape index (κ2) is 8.34. The third-order valence-corrected chi connectivity index (χ3v) is 6.22. The Kier molecular flexibility index (Phi) is 5.61. The van der Waals surface area contributed by atoms with Gasteiger partial charge in [0.1, 0.15) is 24.4 Å². The normalized spacial score (nSPS) is 23.6. The molecule has 0 bridgehead atoms. The molecule has 1 saturated carbocycles. The lowest BCUT2D eigenvalue weighted by Gasteiger charge is -2.36. The van der Waals surface area contributed by atoms with Gasteiger partial charge in [0.15, 0.2) is 0 Å². The number of urea groups is 1. The molecule has 30 heavy (non-hydrogen) atoms. The number of nitrogens with zero attached hydrogens (tertiary/aromatic N) is 1. The zero-order valence-electron chi connectivity index (χ0n) is 17.1. The molecule has 2 aromatic rings.